The second-order valence-electron chi connectivity index (χ2n) is 9.91. The lowest BCUT2D eigenvalue weighted by molar-refractivity contribution is -0.134. The molecule has 40 heavy (non-hydrogen) atoms. The highest BCUT2D eigenvalue weighted by molar-refractivity contribution is 7.90. The number of sulfone groups is 1. The van der Waals surface area contributed by atoms with Gasteiger partial charge in [-0.1, -0.05) is 18.2 Å². The lowest BCUT2D eigenvalue weighted by Gasteiger charge is -2.16. The van der Waals surface area contributed by atoms with Crippen LogP contribution < -0.4 is 4.74 Å². The van der Waals surface area contributed by atoms with E-state index >= 15 is 0 Å². The zero-order valence-corrected chi connectivity index (χ0v) is 24.1. The molecule has 0 amide bonds. The first kappa shape index (κ1) is 29.0. The molecule has 0 atom stereocenters. The highest BCUT2D eigenvalue weighted by Crippen LogP contribution is 2.35. The molecule has 0 aliphatic carbocycles. The number of esters is 1. The Bertz CT molecular complexity index is 1700. The van der Waals surface area contributed by atoms with E-state index in [1.165, 1.54) is 31.6 Å². The maximum absolute atomic E-state index is 14.8. The summed E-state index contributed by atoms with van der Waals surface area (Å²) in [5.74, 6) is -0.232. The van der Waals surface area contributed by atoms with Crippen molar-refractivity contribution in [2.45, 2.75) is 27.2 Å². The van der Waals surface area contributed by atoms with Crippen molar-refractivity contribution in [2.24, 2.45) is 0 Å². The van der Waals surface area contributed by atoms with Gasteiger partial charge in [-0.3, -0.25) is 0 Å². The Labute approximate surface area is 234 Å². The van der Waals surface area contributed by atoms with Crippen molar-refractivity contribution < 1.29 is 27.1 Å². The monoisotopic (exact) mass is 561 g/mol. The van der Waals surface area contributed by atoms with Crippen molar-refractivity contribution in [1.82, 2.24) is 4.98 Å². The van der Waals surface area contributed by atoms with Crippen molar-refractivity contribution >= 4 is 32.8 Å². The van der Waals surface area contributed by atoms with Crippen LogP contribution in [0.25, 0.3) is 39.4 Å². The lowest BCUT2D eigenvalue weighted by atomic mass is 9.92. The van der Waals surface area contributed by atoms with E-state index in [9.17, 15) is 17.6 Å². The SMILES string of the molecule is COC(=O)C=Cc1cc2ccc(-c3cc(-c4c(C)cc(OCCCS(C)(=O)=O)cc4C)ccc3C)nc2cc1F. The fraction of sp³-hybridized carbons (Fsp3) is 0.250. The number of hydrogen-bond acceptors (Lipinski definition) is 6. The third-order valence-electron chi connectivity index (χ3n) is 6.64. The van der Waals surface area contributed by atoms with Crippen molar-refractivity contribution in [1.29, 1.82) is 0 Å². The average molecular weight is 562 g/mol. The molecule has 0 aliphatic rings. The molecule has 1 heterocycles. The number of pyridine rings is 1. The van der Waals surface area contributed by atoms with E-state index < -0.39 is 21.6 Å². The molecule has 208 valence electrons. The number of halogens is 1. The number of hydrogen-bond donors (Lipinski definition) is 0. The van der Waals surface area contributed by atoms with Gasteiger partial charge in [-0.15, -0.1) is 0 Å². The summed E-state index contributed by atoms with van der Waals surface area (Å²) < 4.78 is 47.9. The minimum Gasteiger partial charge on any atom is -0.494 e. The van der Waals surface area contributed by atoms with Gasteiger partial charge in [-0.05, 0) is 91.4 Å². The molecule has 6 nitrogen and oxygen atoms in total. The average Bonchev–Trinajstić information content (AvgIpc) is 2.89. The molecule has 0 fully saturated rings. The third kappa shape index (κ3) is 6.93. The first-order chi connectivity index (χ1) is 18.9. The van der Waals surface area contributed by atoms with Gasteiger partial charge < -0.3 is 9.47 Å². The Kier molecular flexibility index (Phi) is 8.69. The zero-order valence-electron chi connectivity index (χ0n) is 23.2. The number of carbonyl (C=O) groups is 1. The van der Waals surface area contributed by atoms with Crippen molar-refractivity contribution in [3.63, 3.8) is 0 Å². The van der Waals surface area contributed by atoms with Crippen LogP contribution in [-0.2, 0) is 19.4 Å². The number of ether oxygens (including phenoxy) is 2. The standard InChI is InChI=1S/C32H32FNO5S/c1-20-7-8-25(32-21(2)15-26(16-22(32)3)39-13-6-14-40(5,36)37)18-27(20)29-11-9-24-17-23(10-12-31(35)38-4)28(33)19-30(24)34-29/h7-12,15-19H,6,13-14H2,1-5H3. The largest absolute Gasteiger partial charge is 0.494 e. The second-order valence-corrected chi connectivity index (χ2v) is 12.2. The molecule has 0 spiro atoms. The molecule has 0 saturated heterocycles. The molecule has 4 rings (SSSR count). The summed E-state index contributed by atoms with van der Waals surface area (Å²) in [6.45, 7) is 6.39. The van der Waals surface area contributed by atoms with Gasteiger partial charge in [0.1, 0.15) is 21.4 Å². The van der Waals surface area contributed by atoms with Gasteiger partial charge in [0.15, 0.2) is 0 Å². The second kappa shape index (κ2) is 12.0. The van der Waals surface area contributed by atoms with E-state index in [4.69, 9.17) is 9.72 Å². The smallest absolute Gasteiger partial charge is 0.330 e. The predicted molar refractivity (Wildman–Crippen MR) is 158 cm³/mol. The minimum atomic E-state index is -3.01. The third-order valence-corrected chi connectivity index (χ3v) is 7.67. The maximum Gasteiger partial charge on any atom is 0.330 e. The van der Waals surface area contributed by atoms with Gasteiger partial charge in [-0.2, -0.15) is 0 Å². The molecule has 0 unspecified atom stereocenters. The molecular weight excluding hydrogens is 529 g/mol. The minimum absolute atomic E-state index is 0.0955. The molecule has 0 N–H and O–H groups in total. The van der Waals surface area contributed by atoms with Crippen molar-refractivity contribution in [2.75, 3.05) is 25.7 Å². The van der Waals surface area contributed by atoms with Gasteiger partial charge in [0, 0.05) is 34.9 Å². The summed E-state index contributed by atoms with van der Waals surface area (Å²) in [6.07, 6.45) is 4.23. The first-order valence-electron chi connectivity index (χ1n) is 12.8. The van der Waals surface area contributed by atoms with Crippen LogP contribution in [0.15, 0.2) is 60.7 Å². The Balaban J connectivity index is 1.64. The molecule has 0 radical (unpaired) electrons. The van der Waals surface area contributed by atoms with E-state index in [1.54, 1.807) is 6.07 Å². The van der Waals surface area contributed by atoms with Crippen LogP contribution in [0.4, 0.5) is 4.39 Å². The number of aryl methyl sites for hydroxylation is 3. The van der Waals surface area contributed by atoms with Crippen molar-refractivity contribution in [3.05, 3.63) is 88.7 Å². The fourth-order valence-corrected chi connectivity index (χ4v) is 5.34. The summed E-state index contributed by atoms with van der Waals surface area (Å²) in [7, 11) is -1.74. The molecule has 0 saturated carbocycles. The summed E-state index contributed by atoms with van der Waals surface area (Å²) in [4.78, 5) is 16.2. The van der Waals surface area contributed by atoms with Crippen LogP contribution in [0.5, 0.6) is 5.75 Å². The van der Waals surface area contributed by atoms with Crippen LogP contribution in [0.1, 0.15) is 28.7 Å². The van der Waals surface area contributed by atoms with E-state index in [1.807, 2.05) is 51.1 Å². The summed E-state index contributed by atoms with van der Waals surface area (Å²) in [5, 5.41) is 0.752. The number of methoxy groups -OCH3 is 1. The molecule has 4 aromatic rings. The first-order valence-corrected chi connectivity index (χ1v) is 14.9. The van der Waals surface area contributed by atoms with Gasteiger partial charge in [0.25, 0.3) is 0 Å². The highest BCUT2D eigenvalue weighted by atomic mass is 32.2. The number of fused-ring (bicyclic) bond motifs is 1. The topological polar surface area (TPSA) is 82.6 Å². The predicted octanol–water partition coefficient (Wildman–Crippen LogP) is 6.63. The van der Waals surface area contributed by atoms with Crippen LogP contribution >= 0.6 is 0 Å². The number of nitrogens with zero attached hydrogens (tertiary/aromatic N) is 1. The van der Waals surface area contributed by atoms with E-state index in [-0.39, 0.29) is 11.3 Å². The lowest BCUT2D eigenvalue weighted by Crippen LogP contribution is -2.08. The maximum atomic E-state index is 14.8. The van der Waals surface area contributed by atoms with E-state index in [0.717, 1.165) is 44.5 Å². The normalized spacial score (nSPS) is 11.8. The van der Waals surface area contributed by atoms with Crippen LogP contribution in [0, 0.1) is 26.6 Å². The summed E-state index contributed by atoms with van der Waals surface area (Å²) in [6, 6.07) is 17.0. The Morgan fingerprint density at radius 2 is 1.70 bits per heavy atom. The number of carbonyl (C=O) groups excluding carboxylic acids is 1. The molecule has 0 bridgehead atoms. The van der Waals surface area contributed by atoms with Crippen LogP contribution in [0.3, 0.4) is 0 Å². The summed E-state index contributed by atoms with van der Waals surface area (Å²) >= 11 is 0. The van der Waals surface area contributed by atoms with Gasteiger partial charge >= 0.3 is 5.97 Å². The molecule has 0 aliphatic heterocycles. The molecule has 3 aromatic carbocycles. The number of rotatable bonds is 9. The quantitative estimate of drug-likeness (QED) is 0.130. The Hall–Kier alpha value is -4.04. The highest BCUT2D eigenvalue weighted by Gasteiger charge is 2.13. The summed E-state index contributed by atoms with van der Waals surface area (Å²) in [5.41, 5.74) is 7.67. The van der Waals surface area contributed by atoms with Crippen molar-refractivity contribution in [3.8, 4) is 28.1 Å². The molecular formula is C32H32FNO5S. The number of benzene rings is 3. The Morgan fingerprint density at radius 3 is 2.38 bits per heavy atom. The van der Waals surface area contributed by atoms with Crippen LogP contribution in [-0.4, -0.2) is 45.1 Å². The van der Waals surface area contributed by atoms with E-state index in [2.05, 4.69) is 16.9 Å². The fourth-order valence-electron chi connectivity index (χ4n) is 4.69. The Morgan fingerprint density at radius 1 is 0.975 bits per heavy atom. The van der Waals surface area contributed by atoms with Gasteiger partial charge in [0.05, 0.1) is 30.7 Å². The van der Waals surface area contributed by atoms with Crippen LogP contribution in [0.2, 0.25) is 0 Å². The molecule has 8 heteroatoms. The van der Waals surface area contributed by atoms with Gasteiger partial charge in [0.2, 0.25) is 0 Å². The number of aromatic nitrogens is 1. The zero-order chi connectivity index (χ0) is 29.0. The van der Waals surface area contributed by atoms with E-state index in [0.29, 0.717) is 24.3 Å². The van der Waals surface area contributed by atoms with Gasteiger partial charge in [-0.25, -0.2) is 22.6 Å². The molecule has 1 aromatic heterocycles.